The number of hydrogen-bond acceptors (Lipinski definition) is 7. The minimum absolute atomic E-state index is 0.0286. The van der Waals surface area contributed by atoms with E-state index in [0.29, 0.717) is 24.4 Å². The molecule has 0 radical (unpaired) electrons. The zero-order chi connectivity index (χ0) is 30.6. The molecule has 11 heteroatoms. The number of benzene rings is 1. The van der Waals surface area contributed by atoms with Crippen LogP contribution in [0, 0.1) is 17.1 Å². The van der Waals surface area contributed by atoms with E-state index in [1.54, 1.807) is 41.0 Å². The van der Waals surface area contributed by atoms with Gasteiger partial charge in [0.15, 0.2) is 0 Å². The van der Waals surface area contributed by atoms with Gasteiger partial charge in [-0.15, -0.1) is 0 Å². The average molecular weight is 594 g/mol. The number of pyridine rings is 2. The number of aromatic carboxylic acids is 1. The predicted molar refractivity (Wildman–Crippen MR) is 160 cm³/mol. The molecule has 0 bridgehead atoms. The van der Waals surface area contributed by atoms with Crippen LogP contribution in [0.3, 0.4) is 0 Å². The van der Waals surface area contributed by atoms with E-state index in [9.17, 15) is 14.3 Å². The van der Waals surface area contributed by atoms with E-state index in [1.165, 1.54) is 6.07 Å². The first-order valence-corrected chi connectivity index (χ1v) is 14.6. The third kappa shape index (κ3) is 6.16. The van der Waals surface area contributed by atoms with E-state index in [0.717, 1.165) is 60.6 Å². The summed E-state index contributed by atoms with van der Waals surface area (Å²) in [6.07, 6.45) is 7.81. The van der Waals surface area contributed by atoms with Gasteiger partial charge >= 0.3 is 5.97 Å². The molecule has 0 amide bonds. The van der Waals surface area contributed by atoms with E-state index < -0.39 is 11.8 Å². The van der Waals surface area contributed by atoms with Crippen LogP contribution in [0.1, 0.15) is 69.8 Å². The Hall–Kier alpha value is -5.08. The highest BCUT2D eigenvalue weighted by molar-refractivity contribution is 5.89. The molecular formula is C33H32FN7O3. The number of ether oxygens (including phenoxy) is 1. The van der Waals surface area contributed by atoms with Crippen molar-refractivity contribution in [1.82, 2.24) is 29.0 Å². The van der Waals surface area contributed by atoms with Gasteiger partial charge in [-0.05, 0) is 63.2 Å². The number of aryl methyl sites for hydroxylation is 1. The SMILES string of the molecule is CCn1cncc1Cc1c(CN2CCC(c3cccc(OCc4ccc(C#N)cc4F)n3)CC2)nn2ccc(C(=O)O)cc12. The van der Waals surface area contributed by atoms with E-state index in [1.807, 2.05) is 30.7 Å². The Labute approximate surface area is 254 Å². The fraction of sp³-hybridized carbons (Fsp3) is 0.303. The predicted octanol–water partition coefficient (Wildman–Crippen LogP) is 5.20. The molecule has 1 saturated heterocycles. The van der Waals surface area contributed by atoms with Crippen LogP contribution in [0.5, 0.6) is 5.88 Å². The Bertz CT molecular complexity index is 1850. The summed E-state index contributed by atoms with van der Waals surface area (Å²) in [7, 11) is 0. The van der Waals surface area contributed by atoms with Gasteiger partial charge in [0.1, 0.15) is 12.4 Å². The number of hydrogen-bond donors (Lipinski definition) is 1. The number of nitriles is 1. The minimum Gasteiger partial charge on any atom is -0.478 e. The summed E-state index contributed by atoms with van der Waals surface area (Å²) in [6, 6.07) is 15.2. The highest BCUT2D eigenvalue weighted by Crippen LogP contribution is 2.30. The van der Waals surface area contributed by atoms with Gasteiger partial charge < -0.3 is 14.4 Å². The summed E-state index contributed by atoms with van der Waals surface area (Å²) in [4.78, 5) is 23.1. The fourth-order valence-electron chi connectivity index (χ4n) is 5.78. The standard InChI is InChI=1S/C33H32FN7O3/c1-2-40-21-36-18-26(40)16-27-30(38-41-13-10-24(33(42)43)15-31(27)41)19-39-11-8-23(9-12-39)29-4-3-5-32(37-29)44-20-25-7-6-22(17-35)14-28(25)34/h3-7,10,13-15,18,21,23H,2,8-9,11-12,16,19-20H2,1H3,(H,42,43). The largest absolute Gasteiger partial charge is 0.478 e. The van der Waals surface area contributed by atoms with Crippen molar-refractivity contribution in [3.8, 4) is 11.9 Å². The maximum absolute atomic E-state index is 14.3. The smallest absolute Gasteiger partial charge is 0.335 e. The van der Waals surface area contributed by atoms with Crippen LogP contribution in [0.2, 0.25) is 0 Å². The first-order valence-electron chi connectivity index (χ1n) is 14.6. The summed E-state index contributed by atoms with van der Waals surface area (Å²) in [5.74, 6) is -0.736. The van der Waals surface area contributed by atoms with Crippen molar-refractivity contribution >= 4 is 11.5 Å². The molecule has 0 spiro atoms. The van der Waals surface area contributed by atoms with Crippen molar-refractivity contribution < 1.29 is 19.0 Å². The molecule has 4 aromatic heterocycles. The Kier molecular flexibility index (Phi) is 8.34. The Morgan fingerprint density at radius 1 is 1.18 bits per heavy atom. The summed E-state index contributed by atoms with van der Waals surface area (Å²) in [6.45, 7) is 5.26. The zero-order valence-corrected chi connectivity index (χ0v) is 24.4. The zero-order valence-electron chi connectivity index (χ0n) is 24.4. The Morgan fingerprint density at radius 2 is 2.02 bits per heavy atom. The number of halogens is 1. The Balaban J connectivity index is 1.14. The first kappa shape index (κ1) is 29.0. The molecule has 10 nitrogen and oxygen atoms in total. The van der Waals surface area contributed by atoms with E-state index in [2.05, 4.69) is 21.4 Å². The van der Waals surface area contributed by atoms with Crippen LogP contribution in [-0.4, -0.2) is 53.2 Å². The van der Waals surface area contributed by atoms with Gasteiger partial charge in [-0.2, -0.15) is 10.4 Å². The molecule has 0 aliphatic carbocycles. The second kappa shape index (κ2) is 12.7. The van der Waals surface area contributed by atoms with Gasteiger partial charge in [-0.25, -0.2) is 23.7 Å². The molecule has 224 valence electrons. The van der Waals surface area contributed by atoms with Crippen LogP contribution in [0.25, 0.3) is 5.52 Å². The summed E-state index contributed by atoms with van der Waals surface area (Å²) < 4.78 is 23.9. The van der Waals surface area contributed by atoms with Crippen molar-refractivity contribution in [2.45, 2.75) is 51.8 Å². The fourth-order valence-corrected chi connectivity index (χ4v) is 5.78. The highest BCUT2D eigenvalue weighted by Gasteiger charge is 2.25. The lowest BCUT2D eigenvalue weighted by Crippen LogP contribution is -2.33. The van der Waals surface area contributed by atoms with Crippen LogP contribution in [0.15, 0.2) is 67.3 Å². The van der Waals surface area contributed by atoms with Gasteiger partial charge in [0.05, 0.1) is 34.7 Å². The first-order chi connectivity index (χ1) is 21.4. The van der Waals surface area contributed by atoms with Crippen molar-refractivity contribution in [2.24, 2.45) is 0 Å². The lowest BCUT2D eigenvalue weighted by molar-refractivity contribution is 0.0697. The van der Waals surface area contributed by atoms with Gasteiger partial charge in [0.2, 0.25) is 5.88 Å². The molecule has 5 aromatic rings. The number of carboxylic acid groups (broad SMARTS) is 1. The van der Waals surface area contributed by atoms with Crippen molar-refractivity contribution in [3.63, 3.8) is 0 Å². The van der Waals surface area contributed by atoms with Crippen LogP contribution < -0.4 is 4.74 Å². The quantitative estimate of drug-likeness (QED) is 0.234. The molecular weight excluding hydrogens is 561 g/mol. The third-order valence-corrected chi connectivity index (χ3v) is 8.25. The summed E-state index contributed by atoms with van der Waals surface area (Å²) >= 11 is 0. The second-order valence-electron chi connectivity index (χ2n) is 11.0. The average Bonchev–Trinajstić information content (AvgIpc) is 3.64. The van der Waals surface area contributed by atoms with Crippen LogP contribution in [-0.2, 0) is 26.1 Å². The van der Waals surface area contributed by atoms with E-state index >= 15 is 0 Å². The maximum atomic E-state index is 14.3. The summed E-state index contributed by atoms with van der Waals surface area (Å²) in [5.41, 5.74) is 5.61. The highest BCUT2D eigenvalue weighted by atomic mass is 19.1. The lowest BCUT2D eigenvalue weighted by Gasteiger charge is -2.31. The van der Waals surface area contributed by atoms with Gasteiger partial charge in [0, 0.05) is 66.4 Å². The monoisotopic (exact) mass is 593 g/mol. The topological polar surface area (TPSA) is 122 Å². The molecule has 1 aliphatic rings. The normalized spacial score (nSPS) is 14.1. The molecule has 0 atom stereocenters. The molecule has 1 aromatic carbocycles. The minimum atomic E-state index is -0.966. The van der Waals surface area contributed by atoms with Crippen molar-refractivity contribution in [3.05, 3.63) is 112 Å². The number of likely N-dealkylation sites (tertiary alicyclic amines) is 1. The molecule has 0 unspecified atom stereocenters. The molecule has 1 fully saturated rings. The Morgan fingerprint density at radius 3 is 2.77 bits per heavy atom. The number of piperidine rings is 1. The lowest BCUT2D eigenvalue weighted by atomic mass is 9.93. The molecule has 0 saturated carbocycles. The maximum Gasteiger partial charge on any atom is 0.335 e. The third-order valence-electron chi connectivity index (χ3n) is 8.25. The van der Waals surface area contributed by atoms with E-state index in [-0.39, 0.29) is 23.7 Å². The molecule has 1 aliphatic heterocycles. The number of carbonyl (C=O) groups is 1. The number of fused-ring (bicyclic) bond motifs is 1. The van der Waals surface area contributed by atoms with Crippen LogP contribution in [0.4, 0.5) is 4.39 Å². The van der Waals surface area contributed by atoms with Gasteiger partial charge in [-0.3, -0.25) is 4.90 Å². The molecule has 5 heterocycles. The molecule has 44 heavy (non-hydrogen) atoms. The van der Waals surface area contributed by atoms with Crippen molar-refractivity contribution in [2.75, 3.05) is 13.1 Å². The van der Waals surface area contributed by atoms with Crippen molar-refractivity contribution in [1.29, 1.82) is 5.26 Å². The number of carboxylic acids is 1. The summed E-state index contributed by atoms with van der Waals surface area (Å²) in [5, 5.41) is 23.4. The number of aromatic nitrogens is 5. The number of nitrogens with zero attached hydrogens (tertiary/aromatic N) is 7. The second-order valence-corrected chi connectivity index (χ2v) is 11.0. The number of rotatable bonds is 10. The number of imidazole rings is 1. The van der Waals surface area contributed by atoms with Gasteiger partial charge in [0.25, 0.3) is 0 Å². The molecule has 1 N–H and O–H groups in total. The van der Waals surface area contributed by atoms with E-state index in [4.69, 9.17) is 20.1 Å². The molecule has 6 rings (SSSR count). The van der Waals surface area contributed by atoms with Gasteiger partial charge in [-0.1, -0.05) is 12.1 Å². The van der Waals surface area contributed by atoms with Crippen LogP contribution >= 0.6 is 0 Å².